The molecule has 0 atom stereocenters. The molecule has 9 heteroatoms. The maximum atomic E-state index is 12.2. The zero-order valence-corrected chi connectivity index (χ0v) is 7.95. The quantitative estimate of drug-likeness (QED) is 0.806. The van der Waals surface area contributed by atoms with Crippen molar-refractivity contribution in [2.24, 2.45) is 0 Å². The second-order valence-electron chi connectivity index (χ2n) is 2.79. The molecule has 94 valence electrons. The summed E-state index contributed by atoms with van der Waals surface area (Å²) in [5.74, 6) is -3.98. The molecule has 1 heterocycles. The van der Waals surface area contributed by atoms with Crippen LogP contribution in [0.1, 0.15) is 16.1 Å². The first kappa shape index (κ1) is 13.0. The molecule has 0 aliphatic heterocycles. The van der Waals surface area contributed by atoms with Crippen LogP contribution in [0.15, 0.2) is 6.07 Å². The molecule has 0 aliphatic carbocycles. The predicted octanol–water partition coefficient (Wildman–Crippen LogP) is 1.85. The molecule has 1 aromatic rings. The van der Waals surface area contributed by atoms with Crippen LogP contribution < -0.4 is 4.74 Å². The standard InChI is InChI=1S/C8H5F4NO4/c9-2-4-5(14)1-3(7(15)16)6(13-4)17-8(10,11)12/h1,14H,2H2,(H,15,16). The average Bonchev–Trinajstić information content (AvgIpc) is 2.17. The largest absolute Gasteiger partial charge is 0.574 e. The van der Waals surface area contributed by atoms with Gasteiger partial charge in [-0.15, -0.1) is 13.2 Å². The zero-order valence-electron chi connectivity index (χ0n) is 7.95. The van der Waals surface area contributed by atoms with Gasteiger partial charge in [0.2, 0.25) is 5.88 Å². The highest BCUT2D eigenvalue weighted by Crippen LogP contribution is 2.29. The van der Waals surface area contributed by atoms with Crippen molar-refractivity contribution in [1.82, 2.24) is 4.98 Å². The summed E-state index contributed by atoms with van der Waals surface area (Å²) in [7, 11) is 0. The number of hydrogen-bond donors (Lipinski definition) is 2. The number of pyridine rings is 1. The second-order valence-corrected chi connectivity index (χ2v) is 2.79. The first-order chi connectivity index (χ1) is 7.74. The van der Waals surface area contributed by atoms with Crippen LogP contribution in [-0.2, 0) is 6.67 Å². The van der Waals surface area contributed by atoms with Crippen molar-refractivity contribution in [2.75, 3.05) is 0 Å². The second kappa shape index (κ2) is 4.44. The molecule has 2 N–H and O–H groups in total. The SMILES string of the molecule is O=C(O)c1cc(O)c(CF)nc1OC(F)(F)F. The van der Waals surface area contributed by atoms with E-state index < -0.39 is 41.9 Å². The minimum absolute atomic E-state index is 0.436. The Bertz CT molecular complexity index is 446. The van der Waals surface area contributed by atoms with Crippen molar-refractivity contribution in [3.8, 4) is 11.6 Å². The summed E-state index contributed by atoms with van der Waals surface area (Å²) in [6.07, 6.45) is -5.16. The maximum Gasteiger partial charge on any atom is 0.574 e. The summed E-state index contributed by atoms with van der Waals surface area (Å²) < 4.78 is 51.3. The topological polar surface area (TPSA) is 79.7 Å². The van der Waals surface area contributed by atoms with Crippen LogP contribution in [0.4, 0.5) is 17.6 Å². The van der Waals surface area contributed by atoms with E-state index in [2.05, 4.69) is 9.72 Å². The molecule has 0 unspecified atom stereocenters. The Morgan fingerprint density at radius 1 is 1.47 bits per heavy atom. The maximum absolute atomic E-state index is 12.2. The van der Waals surface area contributed by atoms with Gasteiger partial charge >= 0.3 is 12.3 Å². The van der Waals surface area contributed by atoms with E-state index in [1.54, 1.807) is 0 Å². The number of hydrogen-bond acceptors (Lipinski definition) is 4. The van der Waals surface area contributed by atoms with Gasteiger partial charge in [0.1, 0.15) is 23.7 Å². The Hall–Kier alpha value is -2.06. The van der Waals surface area contributed by atoms with Crippen LogP contribution in [-0.4, -0.2) is 27.5 Å². The summed E-state index contributed by atoms with van der Waals surface area (Å²) in [4.78, 5) is 13.5. The normalized spacial score (nSPS) is 11.3. The van der Waals surface area contributed by atoms with Gasteiger partial charge in [0.15, 0.2) is 0 Å². The van der Waals surface area contributed by atoms with Gasteiger partial charge in [0.05, 0.1) is 0 Å². The number of carboxylic acids is 1. The van der Waals surface area contributed by atoms with Crippen molar-refractivity contribution in [3.63, 3.8) is 0 Å². The number of aromatic carboxylic acids is 1. The number of aromatic hydroxyl groups is 1. The molecule has 0 saturated heterocycles. The van der Waals surface area contributed by atoms with Gasteiger partial charge in [0.25, 0.3) is 0 Å². The molecule has 0 aliphatic rings. The fraction of sp³-hybridized carbons (Fsp3) is 0.250. The molecule has 0 saturated carbocycles. The van der Waals surface area contributed by atoms with Crippen LogP contribution >= 0.6 is 0 Å². The Labute approximate surface area is 91.3 Å². The molecule has 0 amide bonds. The Kier molecular flexibility index (Phi) is 3.39. The number of ether oxygens (including phenoxy) is 1. The number of halogens is 4. The van der Waals surface area contributed by atoms with E-state index in [-0.39, 0.29) is 0 Å². The molecule has 17 heavy (non-hydrogen) atoms. The lowest BCUT2D eigenvalue weighted by atomic mass is 10.2. The molecular formula is C8H5F4NO4. The summed E-state index contributed by atoms with van der Waals surface area (Å²) in [5, 5.41) is 17.6. The van der Waals surface area contributed by atoms with Crippen molar-refractivity contribution < 1.29 is 37.3 Å². The highest BCUT2D eigenvalue weighted by Gasteiger charge is 2.34. The number of nitrogens with zero attached hydrogens (tertiary/aromatic N) is 1. The van der Waals surface area contributed by atoms with Crippen LogP contribution in [0.5, 0.6) is 11.6 Å². The fourth-order valence-electron chi connectivity index (χ4n) is 0.961. The van der Waals surface area contributed by atoms with Crippen LogP contribution in [0.25, 0.3) is 0 Å². The lowest BCUT2D eigenvalue weighted by Crippen LogP contribution is -2.20. The van der Waals surface area contributed by atoms with Gasteiger partial charge in [-0.25, -0.2) is 14.2 Å². The van der Waals surface area contributed by atoms with Gasteiger partial charge in [-0.1, -0.05) is 0 Å². The molecule has 0 fully saturated rings. The van der Waals surface area contributed by atoms with Crippen molar-refractivity contribution in [1.29, 1.82) is 0 Å². The third-order valence-corrected chi connectivity index (χ3v) is 1.61. The minimum Gasteiger partial charge on any atom is -0.506 e. The lowest BCUT2D eigenvalue weighted by Gasteiger charge is -2.11. The van der Waals surface area contributed by atoms with Crippen molar-refractivity contribution >= 4 is 5.97 Å². The summed E-state index contributed by atoms with van der Waals surface area (Å²) in [6, 6.07) is 0.436. The first-order valence-electron chi connectivity index (χ1n) is 4.02. The monoisotopic (exact) mass is 255 g/mol. The molecule has 5 nitrogen and oxygen atoms in total. The Morgan fingerprint density at radius 2 is 2.06 bits per heavy atom. The zero-order chi connectivity index (χ0) is 13.2. The summed E-state index contributed by atoms with van der Waals surface area (Å²) in [5.41, 5.74) is -1.76. The third kappa shape index (κ3) is 3.20. The smallest absolute Gasteiger partial charge is 0.506 e. The van der Waals surface area contributed by atoms with Gasteiger partial charge in [-0.05, 0) is 0 Å². The number of rotatable bonds is 3. The van der Waals surface area contributed by atoms with Gasteiger partial charge in [0, 0.05) is 6.07 Å². The fourth-order valence-corrected chi connectivity index (χ4v) is 0.961. The van der Waals surface area contributed by atoms with Gasteiger partial charge in [-0.3, -0.25) is 0 Å². The van der Waals surface area contributed by atoms with E-state index in [1.165, 1.54) is 0 Å². The third-order valence-electron chi connectivity index (χ3n) is 1.61. The number of aromatic nitrogens is 1. The molecule has 0 spiro atoms. The van der Waals surface area contributed by atoms with Crippen molar-refractivity contribution in [2.45, 2.75) is 13.0 Å². The highest BCUT2D eigenvalue weighted by molar-refractivity contribution is 5.90. The van der Waals surface area contributed by atoms with Crippen LogP contribution in [0.2, 0.25) is 0 Å². The lowest BCUT2D eigenvalue weighted by molar-refractivity contribution is -0.276. The van der Waals surface area contributed by atoms with Crippen molar-refractivity contribution in [3.05, 3.63) is 17.3 Å². The first-order valence-corrected chi connectivity index (χ1v) is 4.02. The van der Waals surface area contributed by atoms with Gasteiger partial charge < -0.3 is 14.9 Å². The molecule has 0 radical (unpaired) electrons. The van der Waals surface area contributed by atoms with Crippen LogP contribution in [0.3, 0.4) is 0 Å². The molecule has 0 aromatic carbocycles. The van der Waals surface area contributed by atoms with E-state index >= 15 is 0 Å². The van der Waals surface area contributed by atoms with E-state index in [0.29, 0.717) is 6.07 Å². The Morgan fingerprint density at radius 3 is 2.47 bits per heavy atom. The minimum atomic E-state index is -5.16. The Balaban J connectivity index is 3.29. The predicted molar refractivity (Wildman–Crippen MR) is 44.4 cm³/mol. The van der Waals surface area contributed by atoms with E-state index in [0.717, 1.165) is 0 Å². The molecule has 1 aromatic heterocycles. The summed E-state index contributed by atoms with van der Waals surface area (Å²) in [6.45, 7) is -1.36. The van der Waals surface area contributed by atoms with Gasteiger partial charge in [-0.2, -0.15) is 0 Å². The number of carboxylic acid groups (broad SMARTS) is 1. The summed E-state index contributed by atoms with van der Waals surface area (Å²) >= 11 is 0. The number of alkyl halides is 4. The number of carbonyl (C=O) groups is 1. The van der Waals surface area contributed by atoms with E-state index in [9.17, 15) is 22.4 Å². The average molecular weight is 255 g/mol. The highest BCUT2D eigenvalue weighted by atomic mass is 19.4. The molecule has 0 bridgehead atoms. The van der Waals surface area contributed by atoms with Crippen LogP contribution in [0, 0.1) is 0 Å². The van der Waals surface area contributed by atoms with E-state index in [1.807, 2.05) is 0 Å². The molecule has 1 rings (SSSR count). The molecular weight excluding hydrogens is 250 g/mol. The van der Waals surface area contributed by atoms with E-state index in [4.69, 9.17) is 10.2 Å².